The minimum absolute atomic E-state index is 0.0685. The van der Waals surface area contributed by atoms with E-state index in [4.69, 9.17) is 9.94 Å². The lowest BCUT2D eigenvalue weighted by Gasteiger charge is -2.56. The van der Waals surface area contributed by atoms with Crippen molar-refractivity contribution in [1.29, 1.82) is 0 Å². The highest BCUT2D eigenvalue weighted by molar-refractivity contribution is 5.61. The third-order valence-electron chi connectivity index (χ3n) is 6.77. The van der Waals surface area contributed by atoms with Crippen molar-refractivity contribution in [2.75, 3.05) is 20.2 Å². The fraction of sp³-hybridized carbons (Fsp3) is 0.650. The van der Waals surface area contributed by atoms with Crippen LogP contribution in [0.5, 0.6) is 5.75 Å². The number of oxime groups is 1. The van der Waals surface area contributed by atoms with Gasteiger partial charge in [0.15, 0.2) is 0 Å². The van der Waals surface area contributed by atoms with Crippen LogP contribution in [0.2, 0.25) is 0 Å². The average Bonchev–Trinajstić information content (AvgIpc) is 3.41. The number of fused-ring (bicyclic) bond motifs is 4. The van der Waals surface area contributed by atoms with E-state index in [0.717, 1.165) is 37.5 Å². The molecule has 0 spiro atoms. The summed E-state index contributed by atoms with van der Waals surface area (Å²) in [4.78, 5) is 2.74. The van der Waals surface area contributed by atoms with E-state index in [1.807, 2.05) is 0 Å². The minimum atomic E-state index is 0.0685. The first kappa shape index (κ1) is 15.9. The van der Waals surface area contributed by atoms with Gasteiger partial charge in [0.25, 0.3) is 0 Å². The molecule has 1 saturated carbocycles. The van der Waals surface area contributed by atoms with Crippen molar-refractivity contribution in [2.24, 2.45) is 17.0 Å². The standard InChI is InChI=1S/C20H28N2O2/c1-14-19-11-16-5-6-17(24-2)12-18(16)20(14,7-9-21-23)8-10-22(19)13-15-3-4-15/h5-6,9,12,14-15,19,23H,3-4,7-8,10-11,13H2,1-2H3/b21-9+/t14-,19+,20+/m0/s1. The Balaban J connectivity index is 1.74. The van der Waals surface area contributed by atoms with Crippen LogP contribution in [-0.2, 0) is 11.8 Å². The Hall–Kier alpha value is -1.55. The van der Waals surface area contributed by atoms with Crippen molar-refractivity contribution in [1.82, 2.24) is 4.90 Å². The predicted octanol–water partition coefficient (Wildman–Crippen LogP) is 3.46. The number of hydrogen-bond donors (Lipinski definition) is 1. The summed E-state index contributed by atoms with van der Waals surface area (Å²) in [6.07, 6.45) is 7.58. The zero-order valence-corrected chi connectivity index (χ0v) is 14.7. The van der Waals surface area contributed by atoms with Crippen LogP contribution in [0, 0.1) is 11.8 Å². The van der Waals surface area contributed by atoms with E-state index >= 15 is 0 Å². The van der Waals surface area contributed by atoms with Gasteiger partial charge in [0.2, 0.25) is 0 Å². The van der Waals surface area contributed by atoms with E-state index in [0.29, 0.717) is 12.0 Å². The fourth-order valence-electron chi connectivity index (χ4n) is 5.12. The monoisotopic (exact) mass is 328 g/mol. The normalized spacial score (nSPS) is 32.8. The number of hydrogen-bond acceptors (Lipinski definition) is 4. The molecule has 2 fully saturated rings. The van der Waals surface area contributed by atoms with Crippen molar-refractivity contribution in [3.8, 4) is 5.75 Å². The number of likely N-dealkylation sites (tertiary alicyclic amines) is 1. The van der Waals surface area contributed by atoms with Crippen molar-refractivity contribution in [2.45, 2.75) is 50.5 Å². The van der Waals surface area contributed by atoms with Crippen molar-refractivity contribution in [3.63, 3.8) is 0 Å². The van der Waals surface area contributed by atoms with Gasteiger partial charge in [-0.3, -0.25) is 4.90 Å². The molecule has 3 atom stereocenters. The largest absolute Gasteiger partial charge is 0.497 e. The summed E-state index contributed by atoms with van der Waals surface area (Å²) < 4.78 is 5.49. The van der Waals surface area contributed by atoms with Crippen LogP contribution in [0.1, 0.15) is 43.7 Å². The van der Waals surface area contributed by atoms with Crippen molar-refractivity contribution >= 4 is 6.21 Å². The second-order valence-electron chi connectivity index (χ2n) is 7.93. The maximum Gasteiger partial charge on any atom is 0.119 e. The Kier molecular flexibility index (Phi) is 4.03. The summed E-state index contributed by atoms with van der Waals surface area (Å²) in [5.41, 5.74) is 2.93. The van der Waals surface area contributed by atoms with Crippen LogP contribution in [0.3, 0.4) is 0 Å². The Morgan fingerprint density at radius 1 is 1.42 bits per heavy atom. The van der Waals surface area contributed by atoms with Crippen LogP contribution in [0.15, 0.2) is 23.4 Å². The number of benzene rings is 1. The first-order valence-electron chi connectivity index (χ1n) is 9.25. The van der Waals surface area contributed by atoms with Gasteiger partial charge in [0.1, 0.15) is 5.75 Å². The van der Waals surface area contributed by atoms with E-state index in [1.165, 1.54) is 30.5 Å². The third-order valence-corrected chi connectivity index (χ3v) is 6.77. The minimum Gasteiger partial charge on any atom is -0.497 e. The third kappa shape index (κ3) is 2.52. The Morgan fingerprint density at radius 2 is 2.25 bits per heavy atom. The molecule has 0 aromatic heterocycles. The molecule has 24 heavy (non-hydrogen) atoms. The molecular formula is C20H28N2O2. The van der Waals surface area contributed by atoms with Crippen LogP contribution >= 0.6 is 0 Å². The summed E-state index contributed by atoms with van der Waals surface area (Å²) >= 11 is 0. The quantitative estimate of drug-likeness (QED) is 0.511. The molecule has 2 bridgehead atoms. The molecule has 130 valence electrons. The fourth-order valence-corrected chi connectivity index (χ4v) is 5.12. The van der Waals surface area contributed by atoms with Gasteiger partial charge in [-0.05, 0) is 73.7 Å². The highest BCUT2D eigenvalue weighted by Crippen LogP contribution is 2.51. The molecule has 3 aliphatic rings. The van der Waals surface area contributed by atoms with Gasteiger partial charge < -0.3 is 9.94 Å². The van der Waals surface area contributed by atoms with E-state index < -0.39 is 0 Å². The molecule has 0 amide bonds. The number of methoxy groups -OCH3 is 1. The molecule has 0 unspecified atom stereocenters. The topological polar surface area (TPSA) is 45.1 Å². The lowest BCUT2D eigenvalue weighted by atomic mass is 9.56. The second-order valence-corrected chi connectivity index (χ2v) is 7.93. The lowest BCUT2D eigenvalue weighted by Crippen LogP contribution is -2.59. The molecule has 1 saturated heterocycles. The van der Waals surface area contributed by atoms with Crippen molar-refractivity contribution < 1.29 is 9.94 Å². The summed E-state index contributed by atoms with van der Waals surface area (Å²) in [6, 6.07) is 7.17. The van der Waals surface area contributed by atoms with E-state index in [9.17, 15) is 0 Å². The smallest absolute Gasteiger partial charge is 0.119 e. The molecule has 4 heteroatoms. The van der Waals surface area contributed by atoms with Crippen LogP contribution in [-0.4, -0.2) is 42.6 Å². The van der Waals surface area contributed by atoms with Gasteiger partial charge in [0.05, 0.1) is 7.11 Å². The predicted molar refractivity (Wildman–Crippen MR) is 95.1 cm³/mol. The first-order chi connectivity index (χ1) is 11.7. The van der Waals surface area contributed by atoms with Gasteiger partial charge in [0, 0.05) is 24.2 Å². The summed E-state index contributed by atoms with van der Waals surface area (Å²) in [5.74, 6) is 2.42. The zero-order chi connectivity index (χ0) is 16.7. The van der Waals surface area contributed by atoms with Gasteiger partial charge in [-0.2, -0.15) is 0 Å². The Morgan fingerprint density at radius 3 is 2.96 bits per heavy atom. The summed E-state index contributed by atoms with van der Waals surface area (Å²) in [5, 5.41) is 12.4. The first-order valence-corrected chi connectivity index (χ1v) is 9.25. The number of nitrogens with zero attached hydrogens (tertiary/aromatic N) is 2. The molecule has 1 aliphatic heterocycles. The van der Waals surface area contributed by atoms with E-state index in [2.05, 4.69) is 35.2 Å². The Bertz CT molecular complexity index is 641. The molecule has 0 radical (unpaired) electrons. The molecule has 1 heterocycles. The zero-order valence-electron chi connectivity index (χ0n) is 14.7. The maximum absolute atomic E-state index is 9.04. The number of rotatable bonds is 5. The van der Waals surface area contributed by atoms with Gasteiger partial charge in [-0.25, -0.2) is 0 Å². The molecule has 4 rings (SSSR count). The summed E-state index contributed by atoms with van der Waals surface area (Å²) in [6.45, 7) is 4.82. The van der Waals surface area contributed by atoms with E-state index in [1.54, 1.807) is 13.3 Å². The van der Waals surface area contributed by atoms with Gasteiger partial charge >= 0.3 is 0 Å². The molecule has 1 N–H and O–H groups in total. The highest BCUT2D eigenvalue weighted by atomic mass is 16.5. The lowest BCUT2D eigenvalue weighted by molar-refractivity contribution is 0.0232. The van der Waals surface area contributed by atoms with Crippen LogP contribution in [0.25, 0.3) is 0 Å². The molecular weight excluding hydrogens is 300 g/mol. The highest BCUT2D eigenvalue weighted by Gasteiger charge is 2.51. The van der Waals surface area contributed by atoms with Gasteiger partial charge in [-0.15, -0.1) is 5.16 Å². The van der Waals surface area contributed by atoms with Crippen LogP contribution in [0.4, 0.5) is 0 Å². The SMILES string of the molecule is COc1ccc2c(c1)[C@]1(C/C=N/O)CCN(CC3CC3)[C@H](C2)[C@@H]1C. The maximum atomic E-state index is 9.04. The molecule has 2 aliphatic carbocycles. The van der Waals surface area contributed by atoms with Gasteiger partial charge in [-0.1, -0.05) is 13.0 Å². The molecule has 1 aromatic rings. The summed E-state index contributed by atoms with van der Waals surface area (Å²) in [7, 11) is 1.73. The second kappa shape index (κ2) is 6.07. The number of piperidine rings is 1. The van der Waals surface area contributed by atoms with E-state index in [-0.39, 0.29) is 5.41 Å². The average molecular weight is 328 g/mol. The Labute approximate surface area is 144 Å². The molecule has 1 aromatic carbocycles. The molecule has 4 nitrogen and oxygen atoms in total. The number of ether oxygens (including phenoxy) is 1. The van der Waals surface area contributed by atoms with Crippen molar-refractivity contribution in [3.05, 3.63) is 29.3 Å². The van der Waals surface area contributed by atoms with Crippen LogP contribution < -0.4 is 4.74 Å².